The van der Waals surface area contributed by atoms with Crippen molar-refractivity contribution in [3.63, 3.8) is 0 Å². The van der Waals surface area contributed by atoms with Crippen LogP contribution in [0.15, 0.2) is 30.3 Å². The quantitative estimate of drug-likeness (QED) is 0.222. The highest BCUT2D eigenvalue weighted by Gasteiger charge is 2.35. The standard InChI is InChI=1S/C38H54FN3O5/c1-9-26-21-31(33-23-28(15-18-34(33)39)35(43)40(7)29-16-17-29)27(13-10-11-20-46-8)22-32(26)36(44)42(25(2)3)30-14-12-19-41(24-30)37(45)47-38(4,5)6/h15,18,21-23,25,29-30H,9-14,16-17,19-20,24H2,1-8H3. The molecule has 0 aromatic heterocycles. The molecule has 3 amide bonds. The minimum Gasteiger partial charge on any atom is -0.444 e. The van der Waals surface area contributed by atoms with Gasteiger partial charge >= 0.3 is 6.09 Å². The van der Waals surface area contributed by atoms with Gasteiger partial charge in [-0.15, -0.1) is 0 Å². The minimum absolute atomic E-state index is 0.0898. The molecule has 1 unspecified atom stereocenters. The summed E-state index contributed by atoms with van der Waals surface area (Å²) in [7, 11) is 3.48. The molecule has 258 valence electrons. The lowest BCUT2D eigenvalue weighted by Gasteiger charge is -2.42. The number of benzene rings is 2. The molecule has 9 heteroatoms. The van der Waals surface area contributed by atoms with Crippen LogP contribution in [0.1, 0.15) is 112 Å². The third-order valence-corrected chi connectivity index (χ3v) is 9.14. The SMILES string of the molecule is CCc1cc(-c2cc(C(=O)N(C)C3CC3)ccc2F)c(CCCCOC)cc1C(=O)N(C(C)C)C1CCCN(C(=O)OC(C)(C)C)C1. The molecule has 2 aromatic rings. The Labute approximate surface area is 280 Å². The van der Waals surface area contributed by atoms with Gasteiger partial charge in [0.25, 0.3) is 11.8 Å². The van der Waals surface area contributed by atoms with Gasteiger partial charge in [0.1, 0.15) is 11.4 Å². The van der Waals surface area contributed by atoms with Crippen molar-refractivity contribution < 1.29 is 28.2 Å². The molecule has 8 nitrogen and oxygen atoms in total. The summed E-state index contributed by atoms with van der Waals surface area (Å²) in [6.45, 7) is 13.2. The summed E-state index contributed by atoms with van der Waals surface area (Å²) < 4.78 is 26.6. The maximum atomic E-state index is 15.6. The molecule has 0 spiro atoms. The molecule has 2 aliphatic rings. The van der Waals surface area contributed by atoms with Gasteiger partial charge in [0, 0.05) is 62.6 Å². The van der Waals surface area contributed by atoms with Crippen molar-refractivity contribution in [3.8, 4) is 11.1 Å². The monoisotopic (exact) mass is 651 g/mol. The molecule has 1 atom stereocenters. The van der Waals surface area contributed by atoms with Crippen LogP contribution in [-0.4, -0.2) is 90.2 Å². The molecule has 0 radical (unpaired) electrons. The number of carbonyl (C=O) groups excluding carboxylic acids is 3. The maximum absolute atomic E-state index is 15.6. The van der Waals surface area contributed by atoms with Crippen molar-refractivity contribution in [1.29, 1.82) is 0 Å². The van der Waals surface area contributed by atoms with E-state index in [0.29, 0.717) is 54.8 Å². The largest absolute Gasteiger partial charge is 0.444 e. The number of rotatable bonds is 12. The Bertz CT molecular complexity index is 1430. The van der Waals surface area contributed by atoms with E-state index < -0.39 is 11.4 Å². The highest BCUT2D eigenvalue weighted by Crippen LogP contribution is 2.34. The normalized spacial score (nSPS) is 16.7. The lowest BCUT2D eigenvalue weighted by Crippen LogP contribution is -2.54. The molecule has 4 rings (SSSR count). The first kappa shape index (κ1) is 36.4. The van der Waals surface area contributed by atoms with Gasteiger partial charge in [0.2, 0.25) is 0 Å². The first-order chi connectivity index (χ1) is 22.2. The number of piperidine rings is 1. The van der Waals surface area contributed by atoms with E-state index in [4.69, 9.17) is 9.47 Å². The number of amides is 3. The topological polar surface area (TPSA) is 79.4 Å². The first-order valence-electron chi connectivity index (χ1n) is 17.3. The number of hydrogen-bond donors (Lipinski definition) is 0. The van der Waals surface area contributed by atoms with Crippen molar-refractivity contribution in [3.05, 3.63) is 58.4 Å². The molecule has 47 heavy (non-hydrogen) atoms. The van der Waals surface area contributed by atoms with Crippen LogP contribution in [0.2, 0.25) is 0 Å². The molecule has 1 saturated heterocycles. The number of hydrogen-bond acceptors (Lipinski definition) is 5. The van der Waals surface area contributed by atoms with Crippen molar-refractivity contribution in [2.24, 2.45) is 0 Å². The van der Waals surface area contributed by atoms with Gasteiger partial charge in [-0.2, -0.15) is 0 Å². The van der Waals surface area contributed by atoms with Gasteiger partial charge in [-0.1, -0.05) is 6.92 Å². The Morgan fingerprint density at radius 2 is 1.70 bits per heavy atom. The molecule has 1 aliphatic carbocycles. The number of aryl methyl sites for hydroxylation is 2. The summed E-state index contributed by atoms with van der Waals surface area (Å²) in [5, 5.41) is 0. The van der Waals surface area contributed by atoms with Gasteiger partial charge in [-0.3, -0.25) is 9.59 Å². The average molecular weight is 652 g/mol. The molecule has 1 saturated carbocycles. The first-order valence-corrected chi connectivity index (χ1v) is 17.3. The van der Waals surface area contributed by atoms with Crippen LogP contribution in [0.5, 0.6) is 0 Å². The maximum Gasteiger partial charge on any atom is 0.410 e. The van der Waals surface area contributed by atoms with Gasteiger partial charge in [0.05, 0.1) is 6.04 Å². The lowest BCUT2D eigenvalue weighted by molar-refractivity contribution is 0.00749. The number of nitrogens with zero attached hydrogens (tertiary/aromatic N) is 3. The van der Waals surface area contributed by atoms with E-state index in [1.165, 1.54) is 6.07 Å². The molecule has 1 heterocycles. The summed E-state index contributed by atoms with van der Waals surface area (Å²) in [6, 6.07) is 8.46. The smallest absolute Gasteiger partial charge is 0.410 e. The second kappa shape index (κ2) is 15.6. The third-order valence-electron chi connectivity index (χ3n) is 9.14. The second-order valence-electron chi connectivity index (χ2n) is 14.3. The van der Waals surface area contributed by atoms with Gasteiger partial charge < -0.3 is 24.2 Å². The van der Waals surface area contributed by atoms with Crippen LogP contribution >= 0.6 is 0 Å². The summed E-state index contributed by atoms with van der Waals surface area (Å²) >= 11 is 0. The van der Waals surface area contributed by atoms with Crippen LogP contribution < -0.4 is 0 Å². The molecule has 2 fully saturated rings. The zero-order valence-corrected chi connectivity index (χ0v) is 29.7. The van der Waals surface area contributed by atoms with E-state index in [0.717, 1.165) is 49.7 Å². The highest BCUT2D eigenvalue weighted by atomic mass is 19.1. The molecule has 0 bridgehead atoms. The number of unbranched alkanes of at least 4 members (excludes halogenated alkanes) is 1. The molecule has 1 aliphatic heterocycles. The minimum atomic E-state index is -0.603. The van der Waals surface area contributed by atoms with Crippen molar-refractivity contribution in [1.82, 2.24) is 14.7 Å². The Hall–Kier alpha value is -3.46. The van der Waals surface area contributed by atoms with Gasteiger partial charge in [-0.05, 0) is 133 Å². The van der Waals surface area contributed by atoms with E-state index in [2.05, 4.69) is 0 Å². The fraction of sp³-hybridized carbons (Fsp3) is 0.605. The summed E-state index contributed by atoms with van der Waals surface area (Å²) in [4.78, 5) is 46.1. The Morgan fingerprint density at radius 1 is 0.979 bits per heavy atom. The number of methoxy groups -OCH3 is 1. The van der Waals surface area contributed by atoms with E-state index >= 15 is 4.39 Å². The molecular formula is C38H54FN3O5. The zero-order chi connectivity index (χ0) is 34.5. The van der Waals surface area contributed by atoms with Crippen LogP contribution in [0.4, 0.5) is 9.18 Å². The average Bonchev–Trinajstić information content (AvgIpc) is 3.87. The predicted octanol–water partition coefficient (Wildman–Crippen LogP) is 7.51. The number of halogens is 1. The lowest BCUT2D eigenvalue weighted by atomic mass is 9.88. The van der Waals surface area contributed by atoms with E-state index in [1.807, 2.05) is 58.6 Å². The fourth-order valence-corrected chi connectivity index (χ4v) is 6.53. The van der Waals surface area contributed by atoms with Crippen molar-refractivity contribution in [2.45, 2.75) is 117 Å². The van der Waals surface area contributed by atoms with Gasteiger partial charge in [0.15, 0.2) is 0 Å². The Morgan fingerprint density at radius 3 is 2.32 bits per heavy atom. The number of carbonyl (C=O) groups is 3. The summed E-state index contributed by atoms with van der Waals surface area (Å²) in [6.07, 6.45) is 6.00. The highest BCUT2D eigenvalue weighted by molar-refractivity contribution is 5.98. The Balaban J connectivity index is 1.72. The van der Waals surface area contributed by atoms with Crippen molar-refractivity contribution in [2.75, 3.05) is 33.9 Å². The Kier molecular flexibility index (Phi) is 12.1. The van der Waals surface area contributed by atoms with E-state index in [-0.39, 0.29) is 36.0 Å². The third kappa shape index (κ3) is 9.12. The molecule has 2 aromatic carbocycles. The number of likely N-dealkylation sites (tertiary alicyclic amines) is 1. The predicted molar refractivity (Wildman–Crippen MR) is 183 cm³/mol. The van der Waals surface area contributed by atoms with E-state index in [1.54, 1.807) is 36.1 Å². The van der Waals surface area contributed by atoms with E-state index in [9.17, 15) is 14.4 Å². The molecule has 0 N–H and O–H groups in total. The van der Waals surface area contributed by atoms with Crippen molar-refractivity contribution >= 4 is 17.9 Å². The fourth-order valence-electron chi connectivity index (χ4n) is 6.53. The summed E-state index contributed by atoms with van der Waals surface area (Å²) in [5.74, 6) is -0.602. The van der Waals surface area contributed by atoms with Crippen LogP contribution in [0.3, 0.4) is 0 Å². The number of ether oxygens (including phenoxy) is 2. The van der Waals surface area contributed by atoms with Gasteiger partial charge in [-0.25, -0.2) is 9.18 Å². The van der Waals surface area contributed by atoms with Crippen LogP contribution in [-0.2, 0) is 22.3 Å². The summed E-state index contributed by atoms with van der Waals surface area (Å²) in [5.41, 5.74) is 3.22. The second-order valence-corrected chi connectivity index (χ2v) is 14.3. The molecular weight excluding hydrogens is 597 g/mol. The van der Waals surface area contributed by atoms with Crippen LogP contribution in [0.25, 0.3) is 11.1 Å². The van der Waals surface area contributed by atoms with Crippen LogP contribution in [0, 0.1) is 5.82 Å². The zero-order valence-electron chi connectivity index (χ0n) is 29.7.